The van der Waals surface area contributed by atoms with Gasteiger partial charge in [-0.15, -0.1) is 0 Å². The van der Waals surface area contributed by atoms with Crippen molar-refractivity contribution >= 4 is 23.2 Å². The van der Waals surface area contributed by atoms with Gasteiger partial charge >= 0.3 is 0 Å². The number of rotatable bonds is 3. The van der Waals surface area contributed by atoms with Crippen LogP contribution in [0.15, 0.2) is 36.4 Å². The van der Waals surface area contributed by atoms with Crippen LogP contribution in [0.25, 0.3) is 0 Å². The average molecular weight is 324 g/mol. The summed E-state index contributed by atoms with van der Waals surface area (Å²) in [6, 6.07) is 9.29. The van der Waals surface area contributed by atoms with E-state index in [0.717, 1.165) is 5.56 Å². The van der Waals surface area contributed by atoms with Crippen LogP contribution in [0.4, 0.5) is 4.39 Å². The SMILES string of the molecule is NCC#Cc1cc(F)ccc1COc1ccc(Cl)cc1Cl. The van der Waals surface area contributed by atoms with E-state index in [-0.39, 0.29) is 19.0 Å². The van der Waals surface area contributed by atoms with Crippen molar-refractivity contribution in [2.45, 2.75) is 6.61 Å². The Balaban J connectivity index is 2.19. The van der Waals surface area contributed by atoms with Gasteiger partial charge in [-0.3, -0.25) is 0 Å². The first-order chi connectivity index (χ1) is 10.1. The molecular formula is C16H12Cl2FNO. The van der Waals surface area contributed by atoms with Crippen molar-refractivity contribution in [1.29, 1.82) is 0 Å². The molecule has 0 aliphatic rings. The molecule has 2 N–H and O–H groups in total. The summed E-state index contributed by atoms with van der Waals surface area (Å²) in [4.78, 5) is 0. The van der Waals surface area contributed by atoms with E-state index in [2.05, 4.69) is 11.8 Å². The maximum absolute atomic E-state index is 13.3. The van der Waals surface area contributed by atoms with E-state index >= 15 is 0 Å². The quantitative estimate of drug-likeness (QED) is 0.866. The zero-order valence-corrected chi connectivity index (χ0v) is 12.5. The lowest BCUT2D eigenvalue weighted by Gasteiger charge is -2.10. The summed E-state index contributed by atoms with van der Waals surface area (Å²) in [6.45, 7) is 0.427. The first kappa shape index (κ1) is 15.7. The van der Waals surface area contributed by atoms with Gasteiger partial charge < -0.3 is 10.5 Å². The van der Waals surface area contributed by atoms with E-state index < -0.39 is 0 Å². The second kappa shape index (κ2) is 7.33. The third-order valence-electron chi connectivity index (χ3n) is 2.67. The highest BCUT2D eigenvalue weighted by molar-refractivity contribution is 6.35. The molecule has 0 aliphatic carbocycles. The minimum Gasteiger partial charge on any atom is -0.487 e. The van der Waals surface area contributed by atoms with E-state index in [1.165, 1.54) is 12.1 Å². The maximum atomic E-state index is 13.3. The van der Waals surface area contributed by atoms with Gasteiger partial charge in [-0.25, -0.2) is 4.39 Å². The molecule has 0 aliphatic heterocycles. The van der Waals surface area contributed by atoms with Crippen LogP contribution in [-0.4, -0.2) is 6.54 Å². The molecule has 0 amide bonds. The van der Waals surface area contributed by atoms with Crippen molar-refractivity contribution < 1.29 is 9.13 Å². The Bertz CT molecular complexity index is 707. The highest BCUT2D eigenvalue weighted by Gasteiger charge is 2.06. The van der Waals surface area contributed by atoms with Crippen LogP contribution >= 0.6 is 23.2 Å². The number of ether oxygens (including phenoxy) is 1. The molecule has 2 aromatic rings. The standard InChI is InChI=1S/C16H12Cl2FNO/c17-13-4-6-16(15(18)9-13)21-10-12-3-5-14(19)8-11(12)2-1-7-20/h3-6,8-9H,7,10,20H2. The van der Waals surface area contributed by atoms with Crippen molar-refractivity contribution in [2.24, 2.45) is 5.73 Å². The monoisotopic (exact) mass is 323 g/mol. The summed E-state index contributed by atoms with van der Waals surface area (Å²) < 4.78 is 18.9. The fourth-order valence-electron chi connectivity index (χ4n) is 1.68. The summed E-state index contributed by atoms with van der Waals surface area (Å²) >= 11 is 11.9. The largest absolute Gasteiger partial charge is 0.487 e. The van der Waals surface area contributed by atoms with Crippen LogP contribution in [0.5, 0.6) is 5.75 Å². The molecule has 2 aromatic carbocycles. The third-order valence-corrected chi connectivity index (χ3v) is 3.20. The Kier molecular flexibility index (Phi) is 5.46. The van der Waals surface area contributed by atoms with Crippen molar-refractivity contribution in [2.75, 3.05) is 6.54 Å². The Morgan fingerprint density at radius 1 is 1.14 bits per heavy atom. The normalized spacial score (nSPS) is 9.90. The van der Waals surface area contributed by atoms with Crippen molar-refractivity contribution in [3.8, 4) is 17.6 Å². The lowest BCUT2D eigenvalue weighted by atomic mass is 10.1. The molecule has 2 rings (SSSR count). The number of hydrogen-bond acceptors (Lipinski definition) is 2. The molecule has 0 saturated heterocycles. The second-order valence-corrected chi connectivity index (χ2v) is 5.01. The molecule has 0 aromatic heterocycles. The molecule has 108 valence electrons. The van der Waals surface area contributed by atoms with Crippen molar-refractivity contribution in [1.82, 2.24) is 0 Å². The fraction of sp³-hybridized carbons (Fsp3) is 0.125. The van der Waals surface area contributed by atoms with Crippen LogP contribution < -0.4 is 10.5 Å². The topological polar surface area (TPSA) is 35.2 Å². The first-order valence-corrected chi connectivity index (χ1v) is 6.91. The smallest absolute Gasteiger partial charge is 0.138 e. The number of benzene rings is 2. The van der Waals surface area contributed by atoms with Gasteiger partial charge in [0.1, 0.15) is 18.2 Å². The van der Waals surface area contributed by atoms with Gasteiger partial charge in [0.15, 0.2) is 0 Å². The van der Waals surface area contributed by atoms with Gasteiger partial charge in [0.25, 0.3) is 0 Å². The third kappa shape index (κ3) is 4.37. The number of nitrogens with two attached hydrogens (primary N) is 1. The second-order valence-electron chi connectivity index (χ2n) is 4.17. The average Bonchev–Trinajstić information content (AvgIpc) is 2.45. The van der Waals surface area contributed by atoms with E-state index in [1.807, 2.05) is 0 Å². The van der Waals surface area contributed by atoms with Crippen LogP contribution in [0.2, 0.25) is 10.0 Å². The minimum atomic E-state index is -0.357. The van der Waals surface area contributed by atoms with Gasteiger partial charge in [-0.2, -0.15) is 0 Å². The molecule has 0 fully saturated rings. The number of halogens is 3. The predicted molar refractivity (Wildman–Crippen MR) is 83.1 cm³/mol. The highest BCUT2D eigenvalue weighted by Crippen LogP contribution is 2.28. The summed E-state index contributed by atoms with van der Waals surface area (Å²) in [5.41, 5.74) is 6.63. The van der Waals surface area contributed by atoms with Gasteiger partial charge in [0.05, 0.1) is 11.6 Å². The van der Waals surface area contributed by atoms with Crippen LogP contribution in [0.1, 0.15) is 11.1 Å². The Hall–Kier alpha value is -1.73. The zero-order chi connectivity index (χ0) is 15.2. The Morgan fingerprint density at radius 3 is 2.67 bits per heavy atom. The van der Waals surface area contributed by atoms with Crippen molar-refractivity contribution in [3.63, 3.8) is 0 Å². The predicted octanol–water partition coefficient (Wildman–Crippen LogP) is 4.02. The summed E-state index contributed by atoms with van der Waals surface area (Å²) in [6.07, 6.45) is 0. The molecule has 0 heterocycles. The van der Waals surface area contributed by atoms with Crippen molar-refractivity contribution in [3.05, 3.63) is 63.4 Å². The molecule has 0 spiro atoms. The molecule has 21 heavy (non-hydrogen) atoms. The molecule has 2 nitrogen and oxygen atoms in total. The fourth-order valence-corrected chi connectivity index (χ4v) is 2.15. The van der Waals surface area contributed by atoms with E-state index in [4.69, 9.17) is 33.7 Å². The first-order valence-electron chi connectivity index (χ1n) is 6.15. The maximum Gasteiger partial charge on any atom is 0.138 e. The summed E-state index contributed by atoms with van der Waals surface area (Å²) in [5.74, 6) is 5.67. The van der Waals surface area contributed by atoms with Gasteiger partial charge in [-0.05, 0) is 30.3 Å². The Morgan fingerprint density at radius 2 is 1.95 bits per heavy atom. The lowest BCUT2D eigenvalue weighted by Crippen LogP contribution is -2.00. The molecular weight excluding hydrogens is 312 g/mol. The number of hydrogen-bond donors (Lipinski definition) is 1. The highest BCUT2D eigenvalue weighted by atomic mass is 35.5. The van der Waals surface area contributed by atoms with Crippen LogP contribution in [-0.2, 0) is 6.61 Å². The lowest BCUT2D eigenvalue weighted by molar-refractivity contribution is 0.306. The summed E-state index contributed by atoms with van der Waals surface area (Å²) in [5, 5.41) is 0.947. The van der Waals surface area contributed by atoms with Gasteiger partial charge in [-0.1, -0.05) is 41.1 Å². The zero-order valence-electron chi connectivity index (χ0n) is 11.0. The Labute approximate surface area is 132 Å². The van der Waals surface area contributed by atoms with Crippen LogP contribution in [0.3, 0.4) is 0 Å². The van der Waals surface area contributed by atoms with Crippen LogP contribution in [0, 0.1) is 17.7 Å². The molecule has 0 atom stereocenters. The van der Waals surface area contributed by atoms with E-state index in [0.29, 0.717) is 21.4 Å². The van der Waals surface area contributed by atoms with E-state index in [1.54, 1.807) is 24.3 Å². The molecule has 5 heteroatoms. The minimum absolute atomic E-state index is 0.208. The van der Waals surface area contributed by atoms with Gasteiger partial charge in [0.2, 0.25) is 0 Å². The molecule has 0 bridgehead atoms. The molecule has 0 saturated carbocycles. The summed E-state index contributed by atoms with van der Waals surface area (Å²) in [7, 11) is 0. The van der Waals surface area contributed by atoms with E-state index in [9.17, 15) is 4.39 Å². The van der Waals surface area contributed by atoms with Gasteiger partial charge in [0, 0.05) is 16.1 Å². The molecule has 0 radical (unpaired) electrons. The molecule has 0 unspecified atom stereocenters.